The molecule has 1 heterocycles. The lowest BCUT2D eigenvalue weighted by Crippen LogP contribution is -2.18. The highest BCUT2D eigenvalue weighted by molar-refractivity contribution is 7.12. The molecule has 6 nitrogen and oxygen atoms in total. The molecule has 0 atom stereocenters. The summed E-state index contributed by atoms with van der Waals surface area (Å²) >= 11 is 1.22. The highest BCUT2D eigenvalue weighted by Crippen LogP contribution is 2.34. The summed E-state index contributed by atoms with van der Waals surface area (Å²) in [5.41, 5.74) is 1.48. The van der Waals surface area contributed by atoms with Gasteiger partial charge < -0.3 is 19.5 Å². The van der Waals surface area contributed by atoms with E-state index in [4.69, 9.17) is 14.2 Å². The summed E-state index contributed by atoms with van der Waals surface area (Å²) in [6, 6.07) is 18.3. The third-order valence-corrected chi connectivity index (χ3v) is 4.60. The number of carbonyl (C=O) groups is 2. The minimum absolute atomic E-state index is 0.0882. The number of ether oxygens (including phenoxy) is 3. The second-order valence-corrected chi connectivity index (χ2v) is 6.65. The first kappa shape index (κ1) is 19.6. The molecule has 2 aromatic carbocycles. The number of methoxy groups -OCH3 is 1. The van der Waals surface area contributed by atoms with Gasteiger partial charge in [0.15, 0.2) is 16.4 Å². The zero-order chi connectivity index (χ0) is 19.8. The van der Waals surface area contributed by atoms with Crippen molar-refractivity contribution in [2.24, 2.45) is 0 Å². The topological polar surface area (TPSA) is 73.9 Å². The number of anilines is 1. The molecule has 3 rings (SSSR count). The average Bonchev–Trinajstić information content (AvgIpc) is 3.18. The van der Waals surface area contributed by atoms with E-state index in [2.05, 4.69) is 5.32 Å². The lowest BCUT2D eigenvalue weighted by Gasteiger charge is -2.12. The molecule has 144 valence electrons. The van der Waals surface area contributed by atoms with Gasteiger partial charge in [-0.25, -0.2) is 4.79 Å². The Labute approximate surface area is 166 Å². The van der Waals surface area contributed by atoms with Crippen LogP contribution in [0.1, 0.15) is 15.2 Å². The van der Waals surface area contributed by atoms with Crippen molar-refractivity contribution in [3.63, 3.8) is 0 Å². The van der Waals surface area contributed by atoms with Gasteiger partial charge in [0.2, 0.25) is 5.91 Å². The van der Waals surface area contributed by atoms with Gasteiger partial charge in [-0.05, 0) is 29.1 Å². The van der Waals surface area contributed by atoms with Crippen LogP contribution < -0.4 is 10.1 Å². The van der Waals surface area contributed by atoms with E-state index in [0.717, 1.165) is 5.56 Å². The summed E-state index contributed by atoms with van der Waals surface area (Å²) in [5.74, 6) is 0.0210. The van der Waals surface area contributed by atoms with Gasteiger partial charge in [0, 0.05) is 0 Å². The van der Waals surface area contributed by atoms with Crippen molar-refractivity contribution in [1.82, 2.24) is 0 Å². The van der Waals surface area contributed by atoms with Crippen LogP contribution in [-0.4, -0.2) is 25.6 Å². The van der Waals surface area contributed by atoms with Gasteiger partial charge in [-0.2, -0.15) is 0 Å². The third-order valence-electron chi connectivity index (χ3n) is 3.73. The molecular weight excluding hydrogens is 378 g/mol. The molecule has 0 unspecified atom stereocenters. The number of hydrogen-bond acceptors (Lipinski definition) is 6. The zero-order valence-electron chi connectivity index (χ0n) is 15.2. The van der Waals surface area contributed by atoms with E-state index in [9.17, 15) is 9.59 Å². The molecule has 1 aromatic heterocycles. The standard InChI is InChI=1S/C21H19NO5S/c1-25-21(24)20-18(11-12-28-20)27-17-10-6-5-9-16(17)22-19(23)14-26-13-15-7-3-2-4-8-15/h2-12H,13-14H2,1H3,(H,22,23). The predicted molar refractivity (Wildman–Crippen MR) is 107 cm³/mol. The fourth-order valence-corrected chi connectivity index (χ4v) is 3.15. The molecule has 1 amide bonds. The summed E-state index contributed by atoms with van der Waals surface area (Å²) in [6.07, 6.45) is 0. The lowest BCUT2D eigenvalue weighted by atomic mass is 10.2. The van der Waals surface area contributed by atoms with Crippen LogP contribution in [0.3, 0.4) is 0 Å². The van der Waals surface area contributed by atoms with E-state index in [1.54, 1.807) is 35.7 Å². The number of amides is 1. The van der Waals surface area contributed by atoms with E-state index in [1.165, 1.54) is 18.4 Å². The van der Waals surface area contributed by atoms with E-state index < -0.39 is 5.97 Å². The summed E-state index contributed by atoms with van der Waals surface area (Å²) in [6.45, 7) is 0.263. The number of carbonyl (C=O) groups excluding carboxylic acids is 2. The van der Waals surface area contributed by atoms with Crippen LogP contribution >= 0.6 is 11.3 Å². The normalized spacial score (nSPS) is 10.3. The van der Waals surface area contributed by atoms with Gasteiger partial charge in [0.05, 0.1) is 19.4 Å². The van der Waals surface area contributed by atoms with E-state index in [-0.39, 0.29) is 12.5 Å². The molecule has 28 heavy (non-hydrogen) atoms. The van der Waals surface area contributed by atoms with Crippen LogP contribution in [0.4, 0.5) is 5.69 Å². The number of benzene rings is 2. The Kier molecular flexibility index (Phi) is 6.78. The maximum atomic E-state index is 12.2. The van der Waals surface area contributed by atoms with E-state index >= 15 is 0 Å². The van der Waals surface area contributed by atoms with Gasteiger partial charge in [-0.15, -0.1) is 11.3 Å². The second kappa shape index (κ2) is 9.68. The minimum Gasteiger partial charge on any atom is -0.465 e. The SMILES string of the molecule is COC(=O)c1sccc1Oc1ccccc1NC(=O)COCc1ccccc1. The molecule has 0 bridgehead atoms. The van der Waals surface area contributed by atoms with Crippen molar-refractivity contribution in [2.45, 2.75) is 6.61 Å². The molecule has 0 saturated heterocycles. The van der Waals surface area contributed by atoms with E-state index in [1.807, 2.05) is 30.3 Å². The number of rotatable bonds is 8. The van der Waals surface area contributed by atoms with Crippen molar-refractivity contribution in [3.8, 4) is 11.5 Å². The summed E-state index contributed by atoms with van der Waals surface area (Å²) in [4.78, 5) is 24.4. The minimum atomic E-state index is -0.471. The van der Waals surface area contributed by atoms with Crippen LogP contribution in [0.5, 0.6) is 11.5 Å². The Balaban J connectivity index is 1.61. The quantitative estimate of drug-likeness (QED) is 0.567. The smallest absolute Gasteiger partial charge is 0.351 e. The second-order valence-electron chi connectivity index (χ2n) is 5.73. The zero-order valence-corrected chi connectivity index (χ0v) is 16.0. The molecule has 0 radical (unpaired) electrons. The number of nitrogens with one attached hydrogen (secondary N) is 1. The van der Waals surface area contributed by atoms with Crippen LogP contribution in [-0.2, 0) is 20.9 Å². The van der Waals surface area contributed by atoms with Crippen LogP contribution in [0.2, 0.25) is 0 Å². The molecule has 7 heteroatoms. The summed E-state index contributed by atoms with van der Waals surface area (Å²) < 4.78 is 16.0. The molecule has 1 N–H and O–H groups in total. The van der Waals surface area contributed by atoms with E-state index in [0.29, 0.717) is 28.7 Å². The first-order valence-electron chi connectivity index (χ1n) is 8.51. The van der Waals surface area contributed by atoms with Crippen LogP contribution in [0.25, 0.3) is 0 Å². The number of hydrogen-bond donors (Lipinski definition) is 1. The maximum Gasteiger partial charge on any atom is 0.351 e. The van der Waals surface area contributed by atoms with Crippen molar-refractivity contribution in [3.05, 3.63) is 76.5 Å². The predicted octanol–water partition coefficient (Wildman–Crippen LogP) is 4.48. The van der Waals surface area contributed by atoms with Crippen molar-refractivity contribution in [2.75, 3.05) is 19.0 Å². The fourth-order valence-electron chi connectivity index (χ4n) is 2.42. The Morgan fingerprint density at radius 2 is 1.71 bits per heavy atom. The highest BCUT2D eigenvalue weighted by atomic mass is 32.1. The molecule has 0 aliphatic heterocycles. The Bertz CT molecular complexity index is 939. The van der Waals surface area contributed by atoms with Crippen LogP contribution in [0, 0.1) is 0 Å². The summed E-state index contributed by atoms with van der Waals surface area (Å²) in [5, 5.41) is 4.51. The van der Waals surface area contributed by atoms with Crippen molar-refractivity contribution >= 4 is 28.9 Å². The molecule has 0 aliphatic carbocycles. The Hall–Kier alpha value is -3.16. The van der Waals surface area contributed by atoms with Gasteiger partial charge in [-0.1, -0.05) is 42.5 Å². The maximum absolute atomic E-state index is 12.2. The van der Waals surface area contributed by atoms with Crippen LogP contribution in [0.15, 0.2) is 66.0 Å². The lowest BCUT2D eigenvalue weighted by molar-refractivity contribution is -0.121. The molecular formula is C21H19NO5S. The number of para-hydroxylation sites is 2. The summed E-state index contributed by atoms with van der Waals surface area (Å²) in [7, 11) is 1.31. The molecule has 0 fully saturated rings. The third kappa shape index (κ3) is 5.18. The molecule has 0 spiro atoms. The van der Waals surface area contributed by atoms with Gasteiger partial charge in [-0.3, -0.25) is 4.79 Å². The van der Waals surface area contributed by atoms with Gasteiger partial charge >= 0.3 is 5.97 Å². The number of esters is 1. The molecule has 0 saturated carbocycles. The van der Waals surface area contributed by atoms with Crippen molar-refractivity contribution < 1.29 is 23.8 Å². The Morgan fingerprint density at radius 3 is 2.50 bits per heavy atom. The molecule has 0 aliphatic rings. The molecule has 3 aromatic rings. The first-order valence-corrected chi connectivity index (χ1v) is 9.39. The van der Waals surface area contributed by atoms with Gasteiger partial charge in [0.25, 0.3) is 0 Å². The largest absolute Gasteiger partial charge is 0.465 e. The highest BCUT2D eigenvalue weighted by Gasteiger charge is 2.17. The Morgan fingerprint density at radius 1 is 0.964 bits per heavy atom. The first-order chi connectivity index (χ1) is 13.7. The monoisotopic (exact) mass is 397 g/mol. The van der Waals surface area contributed by atoms with Gasteiger partial charge in [0.1, 0.15) is 6.61 Å². The fraction of sp³-hybridized carbons (Fsp3) is 0.143. The van der Waals surface area contributed by atoms with Crippen molar-refractivity contribution in [1.29, 1.82) is 0 Å². The number of thiophene rings is 1. The average molecular weight is 397 g/mol.